The van der Waals surface area contributed by atoms with Crippen molar-refractivity contribution in [1.29, 1.82) is 0 Å². The Morgan fingerprint density at radius 2 is 1.74 bits per heavy atom. The highest BCUT2D eigenvalue weighted by Crippen LogP contribution is 2.07. The fourth-order valence-corrected chi connectivity index (χ4v) is 1.48. The summed E-state index contributed by atoms with van der Waals surface area (Å²) >= 11 is 0. The van der Waals surface area contributed by atoms with E-state index in [1.165, 1.54) is 0 Å². The van der Waals surface area contributed by atoms with Crippen molar-refractivity contribution in [2.45, 2.75) is 59.4 Å². The molecular formula is C14H27NO4. The van der Waals surface area contributed by atoms with Crippen LogP contribution in [0.5, 0.6) is 0 Å². The SMILES string of the molecule is CCCCOC(=O)N[C@@H](CC(C)C)C(=O)OCCC. The van der Waals surface area contributed by atoms with Gasteiger partial charge in [-0.1, -0.05) is 34.1 Å². The van der Waals surface area contributed by atoms with Crippen molar-refractivity contribution in [1.82, 2.24) is 5.32 Å². The molecule has 1 atom stereocenters. The predicted octanol–water partition coefficient (Wildman–Crippen LogP) is 2.88. The molecule has 5 nitrogen and oxygen atoms in total. The molecule has 19 heavy (non-hydrogen) atoms. The van der Waals surface area contributed by atoms with Crippen LogP contribution < -0.4 is 5.32 Å². The van der Waals surface area contributed by atoms with E-state index in [9.17, 15) is 9.59 Å². The Balaban J connectivity index is 4.25. The maximum absolute atomic E-state index is 11.8. The van der Waals surface area contributed by atoms with Crippen molar-refractivity contribution in [2.24, 2.45) is 5.92 Å². The fraction of sp³-hybridized carbons (Fsp3) is 0.857. The van der Waals surface area contributed by atoms with Gasteiger partial charge in [0.15, 0.2) is 0 Å². The molecular weight excluding hydrogens is 246 g/mol. The van der Waals surface area contributed by atoms with E-state index in [1.807, 2.05) is 27.7 Å². The van der Waals surface area contributed by atoms with Crippen LogP contribution in [0.2, 0.25) is 0 Å². The minimum Gasteiger partial charge on any atom is -0.464 e. The summed E-state index contributed by atoms with van der Waals surface area (Å²) < 4.78 is 10.1. The van der Waals surface area contributed by atoms with E-state index in [-0.39, 0.29) is 11.9 Å². The molecule has 0 aliphatic rings. The highest BCUT2D eigenvalue weighted by Gasteiger charge is 2.23. The summed E-state index contributed by atoms with van der Waals surface area (Å²) in [6, 6.07) is -0.624. The van der Waals surface area contributed by atoms with Crippen LogP contribution in [-0.4, -0.2) is 31.3 Å². The van der Waals surface area contributed by atoms with Crippen molar-refractivity contribution in [2.75, 3.05) is 13.2 Å². The molecule has 0 aliphatic carbocycles. The number of esters is 1. The zero-order valence-electron chi connectivity index (χ0n) is 12.5. The molecule has 0 aromatic heterocycles. The van der Waals surface area contributed by atoms with Gasteiger partial charge in [-0.05, 0) is 25.2 Å². The minimum atomic E-state index is -0.624. The number of amides is 1. The van der Waals surface area contributed by atoms with Crippen LogP contribution in [0.1, 0.15) is 53.4 Å². The van der Waals surface area contributed by atoms with Crippen molar-refractivity contribution in [3.63, 3.8) is 0 Å². The van der Waals surface area contributed by atoms with E-state index in [4.69, 9.17) is 9.47 Å². The Bertz CT molecular complexity index is 266. The van der Waals surface area contributed by atoms with Crippen molar-refractivity contribution in [3.8, 4) is 0 Å². The summed E-state index contributed by atoms with van der Waals surface area (Å²) in [6.45, 7) is 8.68. The van der Waals surface area contributed by atoms with Gasteiger partial charge < -0.3 is 14.8 Å². The van der Waals surface area contributed by atoms with Crippen LogP contribution in [0.15, 0.2) is 0 Å². The Kier molecular flexibility index (Phi) is 9.94. The lowest BCUT2D eigenvalue weighted by Gasteiger charge is -2.19. The van der Waals surface area contributed by atoms with E-state index in [2.05, 4.69) is 5.32 Å². The molecule has 0 radical (unpaired) electrons. The highest BCUT2D eigenvalue weighted by molar-refractivity contribution is 5.81. The van der Waals surface area contributed by atoms with Gasteiger partial charge in [0.2, 0.25) is 0 Å². The van der Waals surface area contributed by atoms with E-state index >= 15 is 0 Å². The van der Waals surface area contributed by atoms with E-state index in [0.29, 0.717) is 19.6 Å². The standard InChI is InChI=1S/C14H27NO4/c1-5-7-9-19-14(17)15-12(10-11(3)4)13(16)18-8-6-2/h11-12H,5-10H2,1-4H3,(H,15,17)/t12-/m0/s1. The first-order chi connectivity index (χ1) is 9.01. The number of unbranched alkanes of at least 4 members (excludes halogenated alkanes) is 1. The molecule has 0 spiro atoms. The van der Waals surface area contributed by atoms with Gasteiger partial charge in [0.1, 0.15) is 6.04 Å². The van der Waals surface area contributed by atoms with Crippen molar-refractivity contribution < 1.29 is 19.1 Å². The van der Waals surface area contributed by atoms with E-state index in [1.54, 1.807) is 0 Å². The molecule has 0 aromatic rings. The molecule has 0 aromatic carbocycles. The first-order valence-corrected chi connectivity index (χ1v) is 7.11. The molecule has 0 unspecified atom stereocenters. The van der Waals surface area contributed by atoms with Gasteiger partial charge in [-0.3, -0.25) is 0 Å². The Morgan fingerprint density at radius 1 is 1.05 bits per heavy atom. The third kappa shape index (κ3) is 9.33. The molecule has 0 aliphatic heterocycles. The van der Waals surface area contributed by atoms with Gasteiger partial charge >= 0.3 is 12.1 Å². The average molecular weight is 273 g/mol. The summed E-state index contributed by atoms with van der Waals surface area (Å²) in [5, 5.41) is 2.58. The Morgan fingerprint density at radius 3 is 2.26 bits per heavy atom. The highest BCUT2D eigenvalue weighted by atomic mass is 16.6. The first kappa shape index (κ1) is 17.7. The number of carbonyl (C=O) groups excluding carboxylic acids is 2. The van der Waals surface area contributed by atoms with Gasteiger partial charge in [-0.25, -0.2) is 9.59 Å². The average Bonchev–Trinajstić information content (AvgIpc) is 2.35. The maximum atomic E-state index is 11.8. The molecule has 0 bridgehead atoms. The molecule has 0 fully saturated rings. The summed E-state index contributed by atoms with van der Waals surface area (Å²) in [6.07, 6.45) is 2.54. The summed E-state index contributed by atoms with van der Waals surface area (Å²) in [7, 11) is 0. The molecule has 0 heterocycles. The molecule has 0 saturated heterocycles. The third-order valence-corrected chi connectivity index (χ3v) is 2.46. The topological polar surface area (TPSA) is 64.6 Å². The second-order valence-corrected chi connectivity index (χ2v) is 4.98. The number of hydrogen-bond acceptors (Lipinski definition) is 4. The van der Waals surface area contributed by atoms with Crippen LogP contribution in [-0.2, 0) is 14.3 Å². The van der Waals surface area contributed by atoms with Gasteiger partial charge in [0.05, 0.1) is 13.2 Å². The monoisotopic (exact) mass is 273 g/mol. The lowest BCUT2D eigenvalue weighted by atomic mass is 10.0. The number of rotatable bonds is 9. The van der Waals surface area contributed by atoms with Crippen molar-refractivity contribution >= 4 is 12.1 Å². The molecule has 112 valence electrons. The van der Waals surface area contributed by atoms with Gasteiger partial charge in [0.25, 0.3) is 0 Å². The van der Waals surface area contributed by atoms with Crippen molar-refractivity contribution in [3.05, 3.63) is 0 Å². The molecule has 5 heteroatoms. The summed E-state index contributed by atoms with van der Waals surface area (Å²) in [4.78, 5) is 23.4. The number of ether oxygens (including phenoxy) is 2. The summed E-state index contributed by atoms with van der Waals surface area (Å²) in [5.41, 5.74) is 0. The summed E-state index contributed by atoms with van der Waals surface area (Å²) in [5.74, 6) is -0.0990. The lowest BCUT2D eigenvalue weighted by Crippen LogP contribution is -2.43. The van der Waals surface area contributed by atoms with Crippen LogP contribution in [0.4, 0.5) is 4.79 Å². The molecule has 0 saturated carbocycles. The van der Waals surface area contributed by atoms with Gasteiger partial charge in [0, 0.05) is 0 Å². The molecule has 1 N–H and O–H groups in total. The Hall–Kier alpha value is -1.26. The molecule has 0 rings (SSSR count). The van der Waals surface area contributed by atoms with Crippen LogP contribution >= 0.6 is 0 Å². The minimum absolute atomic E-state index is 0.287. The van der Waals surface area contributed by atoms with Crippen LogP contribution in [0.3, 0.4) is 0 Å². The predicted molar refractivity (Wildman–Crippen MR) is 73.9 cm³/mol. The number of nitrogens with one attached hydrogen (secondary N) is 1. The zero-order valence-corrected chi connectivity index (χ0v) is 12.5. The molecule has 1 amide bonds. The first-order valence-electron chi connectivity index (χ1n) is 7.11. The lowest BCUT2D eigenvalue weighted by molar-refractivity contribution is -0.146. The largest absolute Gasteiger partial charge is 0.464 e. The zero-order chi connectivity index (χ0) is 14.7. The second-order valence-electron chi connectivity index (χ2n) is 4.98. The van der Waals surface area contributed by atoms with Gasteiger partial charge in [-0.15, -0.1) is 0 Å². The normalized spacial score (nSPS) is 12.1. The third-order valence-electron chi connectivity index (χ3n) is 2.46. The van der Waals surface area contributed by atoms with E-state index < -0.39 is 12.1 Å². The van der Waals surface area contributed by atoms with E-state index in [0.717, 1.165) is 19.3 Å². The Labute approximate surface area is 116 Å². The number of carbonyl (C=O) groups is 2. The van der Waals surface area contributed by atoms with Crippen LogP contribution in [0.25, 0.3) is 0 Å². The van der Waals surface area contributed by atoms with Gasteiger partial charge in [-0.2, -0.15) is 0 Å². The fourth-order valence-electron chi connectivity index (χ4n) is 1.48. The number of hydrogen-bond donors (Lipinski definition) is 1. The second kappa shape index (κ2) is 10.6. The number of alkyl carbamates (subject to hydrolysis) is 1. The smallest absolute Gasteiger partial charge is 0.407 e. The maximum Gasteiger partial charge on any atom is 0.407 e. The van der Waals surface area contributed by atoms with Crippen LogP contribution in [0, 0.1) is 5.92 Å². The quantitative estimate of drug-likeness (QED) is 0.518.